The molecule has 3 nitrogen and oxygen atoms in total. The van der Waals surface area contributed by atoms with E-state index in [9.17, 15) is 0 Å². The molecule has 4 heteroatoms. The Kier molecular flexibility index (Phi) is 2.97. The summed E-state index contributed by atoms with van der Waals surface area (Å²) in [5, 5.41) is 6.02. The summed E-state index contributed by atoms with van der Waals surface area (Å²) in [5.41, 5.74) is 0. The minimum absolute atomic E-state index is 0.562. The van der Waals surface area contributed by atoms with Gasteiger partial charge in [0.15, 0.2) is 0 Å². The third-order valence-corrected chi connectivity index (χ3v) is 5.63. The molecule has 2 saturated heterocycles. The average Bonchev–Trinajstić information content (AvgIpc) is 3.03. The topological polar surface area (TPSA) is 28.2 Å². The van der Waals surface area contributed by atoms with Crippen molar-refractivity contribution in [2.45, 2.75) is 13.0 Å². The number of aromatic nitrogens is 1. The molecule has 2 fully saturated rings. The molecule has 1 aromatic carbocycles. The van der Waals surface area contributed by atoms with Gasteiger partial charge in [-0.1, -0.05) is 28.1 Å². The summed E-state index contributed by atoms with van der Waals surface area (Å²) in [5.74, 6) is 2.68. The number of fused-ring (bicyclic) bond motifs is 2. The third-order valence-electron chi connectivity index (χ3n) is 4.94. The van der Waals surface area contributed by atoms with Crippen LogP contribution in [0.25, 0.3) is 10.8 Å². The van der Waals surface area contributed by atoms with Crippen molar-refractivity contribution < 1.29 is 0 Å². The number of rotatable bonds is 1. The highest BCUT2D eigenvalue weighted by atomic mass is 79.9. The van der Waals surface area contributed by atoms with Gasteiger partial charge >= 0.3 is 0 Å². The zero-order valence-electron chi connectivity index (χ0n) is 11.5. The molecule has 3 atom stereocenters. The van der Waals surface area contributed by atoms with Crippen LogP contribution in [0.15, 0.2) is 34.9 Å². The van der Waals surface area contributed by atoms with Crippen LogP contribution in [0.5, 0.6) is 0 Å². The van der Waals surface area contributed by atoms with Gasteiger partial charge in [-0.15, -0.1) is 0 Å². The first-order valence-electron chi connectivity index (χ1n) is 7.26. The van der Waals surface area contributed by atoms with E-state index in [1.807, 2.05) is 6.20 Å². The lowest BCUT2D eigenvalue weighted by atomic mass is 9.95. The van der Waals surface area contributed by atoms with Gasteiger partial charge in [0.05, 0.1) is 0 Å². The van der Waals surface area contributed by atoms with Crippen molar-refractivity contribution in [2.75, 3.05) is 24.5 Å². The van der Waals surface area contributed by atoms with Crippen molar-refractivity contribution in [3.8, 4) is 0 Å². The van der Waals surface area contributed by atoms with Gasteiger partial charge in [-0.25, -0.2) is 4.98 Å². The highest BCUT2D eigenvalue weighted by Crippen LogP contribution is 2.38. The van der Waals surface area contributed by atoms with E-state index in [4.69, 9.17) is 4.98 Å². The molecule has 3 unspecified atom stereocenters. The SMILES string of the molecule is CC1C2CNCC2CN1c1nccc2c(Br)cccc12. The second-order valence-electron chi connectivity index (χ2n) is 5.94. The monoisotopic (exact) mass is 331 g/mol. The third kappa shape index (κ3) is 1.78. The second kappa shape index (κ2) is 4.71. The molecule has 4 rings (SSSR count). The summed E-state index contributed by atoms with van der Waals surface area (Å²) in [6.45, 7) is 5.77. The molecule has 0 amide bonds. The van der Waals surface area contributed by atoms with Crippen LogP contribution in [0.2, 0.25) is 0 Å². The zero-order chi connectivity index (χ0) is 13.7. The normalized spacial score (nSPS) is 29.1. The van der Waals surface area contributed by atoms with Crippen LogP contribution in [-0.4, -0.2) is 30.7 Å². The second-order valence-corrected chi connectivity index (χ2v) is 6.80. The van der Waals surface area contributed by atoms with Crippen molar-refractivity contribution in [3.05, 3.63) is 34.9 Å². The molecule has 1 N–H and O–H groups in total. The summed E-state index contributed by atoms with van der Waals surface area (Å²) in [7, 11) is 0. The highest BCUT2D eigenvalue weighted by Gasteiger charge is 2.42. The lowest BCUT2D eigenvalue weighted by Gasteiger charge is -2.26. The number of hydrogen-bond acceptors (Lipinski definition) is 3. The Morgan fingerprint density at radius 1 is 1.25 bits per heavy atom. The van der Waals surface area contributed by atoms with Gasteiger partial charge in [0, 0.05) is 47.1 Å². The van der Waals surface area contributed by atoms with Crippen LogP contribution >= 0.6 is 15.9 Å². The Labute approximate surface area is 127 Å². The van der Waals surface area contributed by atoms with E-state index in [1.165, 1.54) is 10.8 Å². The number of nitrogens with one attached hydrogen (secondary N) is 1. The van der Waals surface area contributed by atoms with Gasteiger partial charge < -0.3 is 10.2 Å². The van der Waals surface area contributed by atoms with Crippen molar-refractivity contribution in [1.29, 1.82) is 0 Å². The van der Waals surface area contributed by atoms with Crippen LogP contribution in [-0.2, 0) is 0 Å². The van der Waals surface area contributed by atoms with Crippen molar-refractivity contribution in [1.82, 2.24) is 10.3 Å². The van der Waals surface area contributed by atoms with Gasteiger partial charge in [0.25, 0.3) is 0 Å². The fourth-order valence-corrected chi connectivity index (χ4v) is 4.33. The van der Waals surface area contributed by atoms with Crippen LogP contribution in [0.3, 0.4) is 0 Å². The molecule has 0 saturated carbocycles. The lowest BCUT2D eigenvalue weighted by Crippen LogP contribution is -2.33. The fraction of sp³-hybridized carbons (Fsp3) is 0.438. The van der Waals surface area contributed by atoms with E-state index in [0.29, 0.717) is 6.04 Å². The van der Waals surface area contributed by atoms with Gasteiger partial charge in [-0.05, 0) is 30.9 Å². The maximum atomic E-state index is 4.69. The predicted octanol–water partition coefficient (Wildman–Crippen LogP) is 3.04. The van der Waals surface area contributed by atoms with Crippen LogP contribution in [0.1, 0.15) is 6.92 Å². The quantitative estimate of drug-likeness (QED) is 0.870. The van der Waals surface area contributed by atoms with Crippen LogP contribution < -0.4 is 10.2 Å². The van der Waals surface area contributed by atoms with Crippen molar-refractivity contribution in [2.24, 2.45) is 11.8 Å². The summed E-state index contributed by atoms with van der Waals surface area (Å²) in [6.07, 6.45) is 1.93. The summed E-state index contributed by atoms with van der Waals surface area (Å²) < 4.78 is 1.15. The maximum absolute atomic E-state index is 4.69. The molecule has 20 heavy (non-hydrogen) atoms. The molecule has 2 aliphatic rings. The number of nitrogens with zero attached hydrogens (tertiary/aromatic N) is 2. The molecule has 2 aliphatic heterocycles. The number of pyridine rings is 1. The van der Waals surface area contributed by atoms with Crippen LogP contribution in [0, 0.1) is 11.8 Å². The summed E-state index contributed by atoms with van der Waals surface area (Å²) in [4.78, 5) is 7.20. The molecule has 0 bridgehead atoms. The van der Waals surface area contributed by atoms with Gasteiger partial charge in [-0.3, -0.25) is 0 Å². The van der Waals surface area contributed by atoms with E-state index >= 15 is 0 Å². The average molecular weight is 332 g/mol. The van der Waals surface area contributed by atoms with E-state index in [2.05, 4.69) is 57.3 Å². The Morgan fingerprint density at radius 2 is 2.15 bits per heavy atom. The van der Waals surface area contributed by atoms with Crippen LogP contribution in [0.4, 0.5) is 5.82 Å². The molecule has 0 spiro atoms. The van der Waals surface area contributed by atoms with E-state index in [1.54, 1.807) is 0 Å². The van der Waals surface area contributed by atoms with E-state index < -0.39 is 0 Å². The minimum Gasteiger partial charge on any atom is -0.353 e. The minimum atomic E-state index is 0.562. The molecule has 1 aromatic heterocycles. The Balaban J connectivity index is 1.81. The Hall–Kier alpha value is -1.13. The standard InChI is InChI=1S/C16H18BrN3/c1-10-14-8-18-7-11(14)9-20(10)16-13-3-2-4-15(17)12(13)5-6-19-16/h2-6,10-11,14,18H,7-9H2,1H3. The number of benzene rings is 1. The smallest absolute Gasteiger partial charge is 0.136 e. The number of hydrogen-bond donors (Lipinski definition) is 1. The molecular weight excluding hydrogens is 314 g/mol. The molecule has 0 aliphatic carbocycles. The fourth-order valence-electron chi connectivity index (χ4n) is 3.83. The first-order valence-corrected chi connectivity index (χ1v) is 8.05. The van der Waals surface area contributed by atoms with Gasteiger partial charge in [0.2, 0.25) is 0 Å². The van der Waals surface area contributed by atoms with Crippen molar-refractivity contribution in [3.63, 3.8) is 0 Å². The van der Waals surface area contributed by atoms with Gasteiger partial charge in [0.1, 0.15) is 5.82 Å². The summed E-state index contributed by atoms with van der Waals surface area (Å²) in [6, 6.07) is 9.03. The Bertz CT molecular complexity index is 657. The summed E-state index contributed by atoms with van der Waals surface area (Å²) >= 11 is 3.65. The molecule has 3 heterocycles. The first kappa shape index (κ1) is 12.6. The highest BCUT2D eigenvalue weighted by molar-refractivity contribution is 9.10. The molecule has 104 valence electrons. The predicted molar refractivity (Wildman–Crippen MR) is 86.1 cm³/mol. The number of anilines is 1. The largest absolute Gasteiger partial charge is 0.353 e. The van der Waals surface area contributed by atoms with E-state index in [-0.39, 0.29) is 0 Å². The van der Waals surface area contributed by atoms with Gasteiger partial charge in [-0.2, -0.15) is 0 Å². The molecule has 2 aromatic rings. The lowest BCUT2D eigenvalue weighted by molar-refractivity contribution is 0.471. The maximum Gasteiger partial charge on any atom is 0.136 e. The molecular formula is C16H18BrN3. The van der Waals surface area contributed by atoms with Crippen molar-refractivity contribution >= 4 is 32.5 Å². The number of halogens is 1. The zero-order valence-corrected chi connectivity index (χ0v) is 13.1. The van der Waals surface area contributed by atoms with E-state index in [0.717, 1.165) is 41.8 Å². The first-order chi connectivity index (χ1) is 9.75. The molecule has 0 radical (unpaired) electrons. The Morgan fingerprint density at radius 3 is 3.00 bits per heavy atom.